The molecule has 1 heterocycles. The van der Waals surface area contributed by atoms with Gasteiger partial charge in [-0.3, -0.25) is 4.79 Å². The quantitative estimate of drug-likeness (QED) is 0.639. The van der Waals surface area contributed by atoms with Gasteiger partial charge < -0.3 is 24.1 Å². The minimum Gasteiger partial charge on any atom is -0.493 e. The monoisotopic (exact) mass is 383 g/mol. The lowest BCUT2D eigenvalue weighted by atomic mass is 10.2. The molecule has 2 aromatic carbocycles. The van der Waals surface area contributed by atoms with Gasteiger partial charge in [0.25, 0.3) is 5.91 Å². The zero-order valence-electron chi connectivity index (χ0n) is 15.8. The van der Waals surface area contributed by atoms with E-state index < -0.39 is 6.04 Å². The zero-order chi connectivity index (χ0) is 19.9. The molecule has 146 valence electrons. The second-order valence-corrected chi connectivity index (χ2v) is 5.92. The average molecular weight is 383 g/mol. The SMILES string of the molecule is COc1ccc(-c2noc([C@H](C)NC(=O)COc3ccccc3)n2)cc1OC. The summed E-state index contributed by atoms with van der Waals surface area (Å²) in [5.74, 6) is 2.18. The molecule has 0 saturated heterocycles. The summed E-state index contributed by atoms with van der Waals surface area (Å²) in [6.45, 7) is 1.65. The molecule has 0 aliphatic carbocycles. The highest BCUT2D eigenvalue weighted by atomic mass is 16.5. The van der Waals surface area contributed by atoms with Crippen molar-refractivity contribution in [2.45, 2.75) is 13.0 Å². The third-order valence-electron chi connectivity index (χ3n) is 3.94. The molecule has 1 amide bonds. The molecule has 0 aliphatic heterocycles. The summed E-state index contributed by atoms with van der Waals surface area (Å²) in [5, 5.41) is 6.74. The molecular weight excluding hydrogens is 362 g/mol. The summed E-state index contributed by atoms with van der Waals surface area (Å²) in [4.78, 5) is 16.4. The number of benzene rings is 2. The number of carbonyl (C=O) groups is 1. The van der Waals surface area contributed by atoms with Crippen LogP contribution in [0.5, 0.6) is 17.2 Å². The highest BCUT2D eigenvalue weighted by Gasteiger charge is 2.18. The van der Waals surface area contributed by atoms with E-state index in [2.05, 4.69) is 15.5 Å². The van der Waals surface area contributed by atoms with E-state index in [-0.39, 0.29) is 18.4 Å². The van der Waals surface area contributed by atoms with E-state index in [1.54, 1.807) is 51.5 Å². The Balaban J connectivity index is 1.62. The summed E-state index contributed by atoms with van der Waals surface area (Å²) in [7, 11) is 3.12. The average Bonchev–Trinajstić information content (AvgIpc) is 3.23. The molecule has 0 saturated carbocycles. The van der Waals surface area contributed by atoms with Crippen molar-refractivity contribution in [3.05, 3.63) is 54.4 Å². The number of methoxy groups -OCH3 is 2. The van der Waals surface area contributed by atoms with Crippen LogP contribution in [-0.2, 0) is 4.79 Å². The van der Waals surface area contributed by atoms with Crippen LogP contribution in [0.25, 0.3) is 11.4 Å². The predicted molar refractivity (Wildman–Crippen MR) is 101 cm³/mol. The van der Waals surface area contributed by atoms with Crippen molar-refractivity contribution < 1.29 is 23.5 Å². The van der Waals surface area contributed by atoms with Gasteiger partial charge in [0, 0.05) is 5.56 Å². The van der Waals surface area contributed by atoms with Crippen molar-refractivity contribution in [1.82, 2.24) is 15.5 Å². The fraction of sp³-hybridized carbons (Fsp3) is 0.250. The van der Waals surface area contributed by atoms with Crippen molar-refractivity contribution >= 4 is 5.91 Å². The Bertz CT molecular complexity index is 927. The fourth-order valence-corrected chi connectivity index (χ4v) is 2.51. The maximum absolute atomic E-state index is 12.1. The van der Waals surface area contributed by atoms with Crippen LogP contribution in [0.3, 0.4) is 0 Å². The molecular formula is C20H21N3O5. The Morgan fingerprint density at radius 1 is 1.11 bits per heavy atom. The number of para-hydroxylation sites is 1. The van der Waals surface area contributed by atoms with Crippen LogP contribution in [0.1, 0.15) is 18.9 Å². The highest BCUT2D eigenvalue weighted by Crippen LogP contribution is 2.31. The molecule has 28 heavy (non-hydrogen) atoms. The van der Waals surface area contributed by atoms with Crippen LogP contribution in [0.2, 0.25) is 0 Å². The molecule has 3 aromatic rings. The number of nitrogens with one attached hydrogen (secondary N) is 1. The molecule has 8 nitrogen and oxygen atoms in total. The van der Waals surface area contributed by atoms with E-state index in [1.807, 2.05) is 18.2 Å². The first kappa shape index (κ1) is 19.2. The molecule has 1 aromatic heterocycles. The van der Waals surface area contributed by atoms with Gasteiger partial charge in [0.2, 0.25) is 11.7 Å². The van der Waals surface area contributed by atoms with Gasteiger partial charge in [0.1, 0.15) is 11.8 Å². The van der Waals surface area contributed by atoms with E-state index in [0.717, 1.165) is 0 Å². The van der Waals surface area contributed by atoms with Crippen LogP contribution in [-0.4, -0.2) is 36.9 Å². The predicted octanol–water partition coefficient (Wildman–Crippen LogP) is 3.01. The third-order valence-corrected chi connectivity index (χ3v) is 3.94. The summed E-state index contributed by atoms with van der Waals surface area (Å²) in [5.41, 5.74) is 0.707. The topological polar surface area (TPSA) is 95.7 Å². The molecule has 1 N–H and O–H groups in total. The van der Waals surface area contributed by atoms with E-state index in [4.69, 9.17) is 18.7 Å². The van der Waals surface area contributed by atoms with Crippen molar-refractivity contribution in [3.8, 4) is 28.6 Å². The van der Waals surface area contributed by atoms with Crippen LogP contribution in [0, 0.1) is 0 Å². The lowest BCUT2D eigenvalue weighted by Crippen LogP contribution is -2.31. The molecule has 0 radical (unpaired) electrons. The van der Waals surface area contributed by atoms with Gasteiger partial charge >= 0.3 is 0 Å². The number of amides is 1. The fourth-order valence-electron chi connectivity index (χ4n) is 2.51. The molecule has 0 aliphatic rings. The van der Waals surface area contributed by atoms with Crippen LogP contribution in [0.15, 0.2) is 53.1 Å². The van der Waals surface area contributed by atoms with E-state index in [1.165, 1.54) is 0 Å². The minimum absolute atomic E-state index is 0.106. The molecule has 8 heteroatoms. The van der Waals surface area contributed by atoms with Crippen LogP contribution >= 0.6 is 0 Å². The lowest BCUT2D eigenvalue weighted by Gasteiger charge is -2.10. The van der Waals surface area contributed by atoms with Gasteiger partial charge in [0.15, 0.2) is 18.1 Å². The van der Waals surface area contributed by atoms with Crippen molar-refractivity contribution in [1.29, 1.82) is 0 Å². The maximum Gasteiger partial charge on any atom is 0.258 e. The Morgan fingerprint density at radius 3 is 2.57 bits per heavy atom. The number of rotatable bonds is 8. The number of hydrogen-bond donors (Lipinski definition) is 1. The number of carbonyl (C=O) groups excluding carboxylic acids is 1. The van der Waals surface area contributed by atoms with Gasteiger partial charge in [-0.2, -0.15) is 4.98 Å². The molecule has 1 atom stereocenters. The number of ether oxygens (including phenoxy) is 3. The van der Waals surface area contributed by atoms with E-state index in [0.29, 0.717) is 28.6 Å². The van der Waals surface area contributed by atoms with Gasteiger partial charge in [-0.15, -0.1) is 0 Å². The molecule has 0 bridgehead atoms. The van der Waals surface area contributed by atoms with E-state index >= 15 is 0 Å². The minimum atomic E-state index is -0.465. The Labute approximate surface area is 162 Å². The summed E-state index contributed by atoms with van der Waals surface area (Å²) < 4.78 is 21.2. The van der Waals surface area contributed by atoms with Crippen molar-refractivity contribution in [2.24, 2.45) is 0 Å². The first-order chi connectivity index (χ1) is 13.6. The summed E-state index contributed by atoms with van der Waals surface area (Å²) >= 11 is 0. The van der Waals surface area contributed by atoms with Gasteiger partial charge in [-0.25, -0.2) is 0 Å². The molecule has 0 unspecified atom stereocenters. The summed E-state index contributed by atoms with van der Waals surface area (Å²) in [6.07, 6.45) is 0. The first-order valence-electron chi connectivity index (χ1n) is 8.64. The number of hydrogen-bond acceptors (Lipinski definition) is 7. The standard InChI is InChI=1S/C20H21N3O5/c1-13(21-18(24)12-27-15-7-5-4-6-8-15)20-22-19(23-28-20)14-9-10-16(25-2)17(11-14)26-3/h4-11,13H,12H2,1-3H3,(H,21,24)/t13-/m0/s1. The first-order valence-corrected chi connectivity index (χ1v) is 8.64. The number of aromatic nitrogens is 2. The van der Waals surface area contributed by atoms with Crippen LogP contribution in [0.4, 0.5) is 0 Å². The second-order valence-electron chi connectivity index (χ2n) is 5.92. The largest absolute Gasteiger partial charge is 0.493 e. The number of nitrogens with zero attached hydrogens (tertiary/aromatic N) is 2. The Kier molecular flexibility index (Phi) is 6.11. The van der Waals surface area contributed by atoms with Gasteiger partial charge in [0.05, 0.1) is 14.2 Å². The smallest absolute Gasteiger partial charge is 0.258 e. The van der Waals surface area contributed by atoms with Crippen molar-refractivity contribution in [2.75, 3.05) is 20.8 Å². The Hall–Kier alpha value is -3.55. The highest BCUT2D eigenvalue weighted by molar-refractivity contribution is 5.77. The summed E-state index contributed by atoms with van der Waals surface area (Å²) in [6, 6.07) is 14.0. The zero-order valence-corrected chi connectivity index (χ0v) is 15.8. The van der Waals surface area contributed by atoms with Crippen LogP contribution < -0.4 is 19.5 Å². The normalized spacial score (nSPS) is 11.5. The van der Waals surface area contributed by atoms with Crippen molar-refractivity contribution in [3.63, 3.8) is 0 Å². The molecule has 3 rings (SSSR count). The molecule has 0 spiro atoms. The lowest BCUT2D eigenvalue weighted by molar-refractivity contribution is -0.123. The van der Waals surface area contributed by atoms with Gasteiger partial charge in [-0.05, 0) is 37.3 Å². The second kappa shape index (κ2) is 8.90. The molecule has 0 fully saturated rings. The van der Waals surface area contributed by atoms with E-state index in [9.17, 15) is 4.79 Å². The van der Waals surface area contributed by atoms with Gasteiger partial charge in [-0.1, -0.05) is 23.4 Å². The maximum atomic E-state index is 12.1. The third kappa shape index (κ3) is 4.59. The Morgan fingerprint density at radius 2 is 1.86 bits per heavy atom.